The Balaban J connectivity index is 1.37. The van der Waals surface area contributed by atoms with E-state index in [1.165, 1.54) is 47.9 Å². The maximum Gasteiger partial charge on any atom is 0.0563 e. The van der Waals surface area contributed by atoms with E-state index in [2.05, 4.69) is 90.1 Å². The van der Waals surface area contributed by atoms with Gasteiger partial charge in [0, 0.05) is 10.8 Å². The molecule has 0 aliphatic heterocycles. The summed E-state index contributed by atoms with van der Waals surface area (Å²) in [6.45, 7) is 15.4. The molecule has 2 fully saturated rings. The van der Waals surface area contributed by atoms with Gasteiger partial charge in [-0.1, -0.05) is 90.1 Å². The highest BCUT2D eigenvalue weighted by molar-refractivity contribution is 5.37. The topological polar surface area (TPSA) is 9.23 Å². The zero-order chi connectivity index (χ0) is 20.9. The third kappa shape index (κ3) is 4.31. The molecule has 29 heavy (non-hydrogen) atoms. The van der Waals surface area contributed by atoms with E-state index in [-0.39, 0.29) is 21.7 Å². The van der Waals surface area contributed by atoms with Gasteiger partial charge in [-0.15, -0.1) is 0 Å². The van der Waals surface area contributed by atoms with Gasteiger partial charge in [0.2, 0.25) is 0 Å². The molecule has 0 N–H and O–H groups in total. The molecule has 0 radical (unpaired) electrons. The molecule has 0 atom stereocenters. The van der Waals surface area contributed by atoms with Crippen molar-refractivity contribution in [3.05, 3.63) is 70.8 Å². The van der Waals surface area contributed by atoms with Crippen LogP contribution >= 0.6 is 0 Å². The first-order valence-corrected chi connectivity index (χ1v) is 11.3. The second kappa shape index (κ2) is 6.98. The molecule has 1 heteroatoms. The van der Waals surface area contributed by atoms with Gasteiger partial charge in [0.15, 0.2) is 0 Å². The standard InChI is InChI=1S/C28H38O/c1-25(2,3)21-7-11-23(12-8-21)27(15-16-27)19-29-20-28(17-18-28)24-13-9-22(10-14-24)26(4,5)6/h7-14H,15-20H2,1-6H3. The Bertz CT molecular complexity index is 762. The molecular formula is C28H38O. The molecule has 4 rings (SSSR count). The van der Waals surface area contributed by atoms with E-state index in [4.69, 9.17) is 4.74 Å². The summed E-state index contributed by atoms with van der Waals surface area (Å²) >= 11 is 0. The number of hydrogen-bond donors (Lipinski definition) is 0. The van der Waals surface area contributed by atoms with Crippen LogP contribution in [0.5, 0.6) is 0 Å². The van der Waals surface area contributed by atoms with E-state index < -0.39 is 0 Å². The molecule has 2 aromatic carbocycles. The first kappa shape index (κ1) is 20.7. The Hall–Kier alpha value is -1.60. The van der Waals surface area contributed by atoms with Crippen LogP contribution in [0.3, 0.4) is 0 Å². The average molecular weight is 391 g/mol. The lowest BCUT2D eigenvalue weighted by Crippen LogP contribution is -2.22. The summed E-state index contributed by atoms with van der Waals surface area (Å²) in [7, 11) is 0. The van der Waals surface area contributed by atoms with Crippen LogP contribution in [0, 0.1) is 0 Å². The van der Waals surface area contributed by atoms with Crippen LogP contribution in [0.15, 0.2) is 48.5 Å². The fourth-order valence-electron chi connectivity index (χ4n) is 4.42. The largest absolute Gasteiger partial charge is 0.380 e. The van der Waals surface area contributed by atoms with Crippen LogP contribution in [0.1, 0.15) is 89.5 Å². The van der Waals surface area contributed by atoms with Crippen LogP contribution in [-0.4, -0.2) is 13.2 Å². The normalized spacial score (nSPS) is 19.8. The van der Waals surface area contributed by atoms with E-state index in [1.807, 2.05) is 0 Å². The molecule has 0 aromatic heterocycles. The molecule has 0 heterocycles. The number of ether oxygens (including phenoxy) is 1. The number of rotatable bonds is 6. The van der Waals surface area contributed by atoms with Crippen molar-refractivity contribution < 1.29 is 4.74 Å². The zero-order valence-electron chi connectivity index (χ0n) is 19.3. The van der Waals surface area contributed by atoms with Gasteiger partial charge in [-0.3, -0.25) is 0 Å². The fraction of sp³-hybridized carbons (Fsp3) is 0.571. The van der Waals surface area contributed by atoms with Gasteiger partial charge in [0.05, 0.1) is 13.2 Å². The molecule has 156 valence electrons. The van der Waals surface area contributed by atoms with Gasteiger partial charge in [0.1, 0.15) is 0 Å². The summed E-state index contributed by atoms with van der Waals surface area (Å²) < 4.78 is 6.39. The predicted molar refractivity (Wildman–Crippen MR) is 123 cm³/mol. The van der Waals surface area contributed by atoms with E-state index in [0.717, 1.165) is 13.2 Å². The summed E-state index contributed by atoms with van der Waals surface area (Å²) in [6, 6.07) is 18.6. The third-order valence-electron chi connectivity index (χ3n) is 7.19. The van der Waals surface area contributed by atoms with Gasteiger partial charge in [-0.05, 0) is 58.8 Å². The Kier molecular flexibility index (Phi) is 4.97. The lowest BCUT2D eigenvalue weighted by Gasteiger charge is -2.23. The SMILES string of the molecule is CC(C)(C)c1ccc(C2(COCC3(c4ccc(C(C)(C)C)cc4)CC3)CC2)cc1. The first-order chi connectivity index (χ1) is 13.5. The highest BCUT2D eigenvalue weighted by Gasteiger charge is 2.48. The smallest absolute Gasteiger partial charge is 0.0563 e. The minimum atomic E-state index is 0.215. The molecule has 0 saturated heterocycles. The summed E-state index contributed by atoms with van der Waals surface area (Å²) in [5.74, 6) is 0. The van der Waals surface area contributed by atoms with Gasteiger partial charge in [-0.25, -0.2) is 0 Å². The summed E-state index contributed by atoms with van der Waals surface area (Å²) in [5, 5.41) is 0. The van der Waals surface area contributed by atoms with Crippen LogP contribution in [0.2, 0.25) is 0 Å². The lowest BCUT2D eigenvalue weighted by molar-refractivity contribution is 0.0945. The van der Waals surface area contributed by atoms with Crippen LogP contribution in [-0.2, 0) is 26.4 Å². The summed E-state index contributed by atoms with van der Waals surface area (Å²) in [6.07, 6.45) is 5.04. The van der Waals surface area contributed by atoms with Crippen molar-refractivity contribution in [2.45, 2.75) is 88.9 Å². The van der Waals surface area contributed by atoms with Crippen molar-refractivity contribution in [1.29, 1.82) is 0 Å². The van der Waals surface area contributed by atoms with Crippen molar-refractivity contribution in [2.24, 2.45) is 0 Å². The molecule has 0 amide bonds. The molecule has 2 aromatic rings. The van der Waals surface area contributed by atoms with E-state index >= 15 is 0 Å². The second-order valence-corrected chi connectivity index (χ2v) is 11.7. The third-order valence-corrected chi connectivity index (χ3v) is 7.19. The Morgan fingerprint density at radius 1 is 0.586 bits per heavy atom. The molecule has 2 aliphatic rings. The van der Waals surface area contributed by atoms with Crippen molar-refractivity contribution in [3.8, 4) is 0 Å². The first-order valence-electron chi connectivity index (χ1n) is 11.3. The number of benzene rings is 2. The Labute approximate surface area is 177 Å². The average Bonchev–Trinajstić information content (AvgIpc) is 3.57. The van der Waals surface area contributed by atoms with Crippen molar-refractivity contribution in [1.82, 2.24) is 0 Å². The predicted octanol–water partition coefficient (Wildman–Crippen LogP) is 7.06. The maximum absolute atomic E-state index is 6.39. The Morgan fingerprint density at radius 2 is 0.897 bits per heavy atom. The molecule has 0 spiro atoms. The number of hydrogen-bond acceptors (Lipinski definition) is 1. The van der Waals surface area contributed by atoms with E-state index in [9.17, 15) is 0 Å². The minimum absolute atomic E-state index is 0.215. The van der Waals surface area contributed by atoms with Gasteiger partial charge >= 0.3 is 0 Å². The van der Waals surface area contributed by atoms with Gasteiger partial charge in [-0.2, -0.15) is 0 Å². The molecule has 1 nitrogen and oxygen atoms in total. The molecule has 0 unspecified atom stereocenters. The zero-order valence-corrected chi connectivity index (χ0v) is 19.3. The van der Waals surface area contributed by atoms with Crippen molar-refractivity contribution in [2.75, 3.05) is 13.2 Å². The lowest BCUT2D eigenvalue weighted by atomic mass is 9.85. The highest BCUT2D eigenvalue weighted by Crippen LogP contribution is 2.51. The molecule has 2 saturated carbocycles. The summed E-state index contributed by atoms with van der Waals surface area (Å²) in [4.78, 5) is 0. The molecule has 2 aliphatic carbocycles. The Morgan fingerprint density at radius 3 is 1.14 bits per heavy atom. The molecular weight excluding hydrogens is 352 g/mol. The van der Waals surface area contributed by atoms with Gasteiger partial charge in [0.25, 0.3) is 0 Å². The minimum Gasteiger partial charge on any atom is -0.380 e. The van der Waals surface area contributed by atoms with Crippen LogP contribution < -0.4 is 0 Å². The quantitative estimate of drug-likeness (QED) is 0.513. The summed E-state index contributed by atoms with van der Waals surface area (Å²) in [5.41, 5.74) is 6.71. The molecule has 0 bridgehead atoms. The maximum atomic E-state index is 6.39. The van der Waals surface area contributed by atoms with Gasteiger partial charge < -0.3 is 4.74 Å². The fourth-order valence-corrected chi connectivity index (χ4v) is 4.42. The van der Waals surface area contributed by atoms with Crippen LogP contribution in [0.25, 0.3) is 0 Å². The van der Waals surface area contributed by atoms with E-state index in [0.29, 0.717) is 0 Å². The van der Waals surface area contributed by atoms with Crippen LogP contribution in [0.4, 0.5) is 0 Å². The second-order valence-electron chi connectivity index (χ2n) is 11.7. The highest BCUT2D eigenvalue weighted by atomic mass is 16.5. The van der Waals surface area contributed by atoms with Crippen molar-refractivity contribution >= 4 is 0 Å². The van der Waals surface area contributed by atoms with E-state index in [1.54, 1.807) is 0 Å². The monoisotopic (exact) mass is 390 g/mol. The van der Waals surface area contributed by atoms with Crippen molar-refractivity contribution in [3.63, 3.8) is 0 Å².